The Balaban J connectivity index is 2.13. The Bertz CT molecular complexity index is 1030. The van der Waals surface area contributed by atoms with Crippen LogP contribution >= 0.6 is 0 Å². The van der Waals surface area contributed by atoms with Crippen LogP contribution in [0.5, 0.6) is 0 Å². The number of carbonyl (C=O) groups is 1. The van der Waals surface area contributed by atoms with E-state index in [4.69, 9.17) is 9.47 Å². The third-order valence-corrected chi connectivity index (χ3v) is 6.15. The molecule has 0 spiro atoms. The van der Waals surface area contributed by atoms with Gasteiger partial charge >= 0.3 is 5.97 Å². The zero-order valence-electron chi connectivity index (χ0n) is 22.5. The third kappa shape index (κ3) is 8.26. The van der Waals surface area contributed by atoms with Crippen molar-refractivity contribution in [2.24, 2.45) is 10.8 Å². The Labute approximate surface area is 215 Å². The van der Waals surface area contributed by atoms with E-state index in [-0.39, 0.29) is 28.6 Å². The van der Waals surface area contributed by atoms with Gasteiger partial charge in [-0.05, 0) is 73.7 Å². The van der Waals surface area contributed by atoms with E-state index in [0.717, 1.165) is 29.8 Å². The molecule has 2 aliphatic carbocycles. The molecule has 0 bridgehead atoms. The maximum absolute atomic E-state index is 12.2. The lowest BCUT2D eigenvalue weighted by Gasteiger charge is -2.33. The molecule has 0 saturated heterocycles. The molecule has 0 aromatic carbocycles. The van der Waals surface area contributed by atoms with E-state index in [0.29, 0.717) is 38.1 Å². The van der Waals surface area contributed by atoms with Crippen LogP contribution in [0.25, 0.3) is 0 Å². The Kier molecular flexibility index (Phi) is 10.3. The van der Waals surface area contributed by atoms with Crippen LogP contribution in [0.15, 0.2) is 45.8 Å². The van der Waals surface area contributed by atoms with E-state index < -0.39 is 12.3 Å². The number of aliphatic hydroxyl groups is 1. The smallest absolute Gasteiger partial charge is 0.349 e. The number of esters is 1. The highest BCUT2D eigenvalue weighted by Gasteiger charge is 2.30. The molecule has 0 radical (unpaired) electrons. The van der Waals surface area contributed by atoms with Crippen LogP contribution < -0.4 is 10.6 Å². The van der Waals surface area contributed by atoms with Crippen molar-refractivity contribution in [3.63, 3.8) is 0 Å². The number of nitriles is 2. The van der Waals surface area contributed by atoms with Crippen molar-refractivity contribution >= 4 is 5.97 Å². The van der Waals surface area contributed by atoms with Crippen molar-refractivity contribution in [1.82, 2.24) is 10.6 Å². The normalized spacial score (nSPS) is 22.1. The van der Waals surface area contributed by atoms with Crippen molar-refractivity contribution in [3.8, 4) is 12.1 Å². The monoisotopic (exact) mass is 496 g/mol. The van der Waals surface area contributed by atoms with Gasteiger partial charge in [-0.15, -0.1) is 0 Å². The number of hydrogen-bond acceptors (Lipinski definition) is 8. The molecule has 196 valence electrons. The number of carbonyl (C=O) groups excluding carboxylic acids is 1. The van der Waals surface area contributed by atoms with Gasteiger partial charge in [-0.2, -0.15) is 10.5 Å². The van der Waals surface area contributed by atoms with E-state index >= 15 is 0 Å². The van der Waals surface area contributed by atoms with Crippen LogP contribution in [0.4, 0.5) is 0 Å². The largest absolute Gasteiger partial charge is 0.462 e. The van der Waals surface area contributed by atoms with Gasteiger partial charge in [-0.3, -0.25) is 0 Å². The number of hydrogen-bond donors (Lipinski definition) is 3. The van der Waals surface area contributed by atoms with E-state index in [9.17, 15) is 20.4 Å². The van der Waals surface area contributed by atoms with Crippen LogP contribution in [0.3, 0.4) is 0 Å². The summed E-state index contributed by atoms with van der Waals surface area (Å²) in [6, 6.07) is 4.14. The highest BCUT2D eigenvalue weighted by molar-refractivity contribution is 5.94. The van der Waals surface area contributed by atoms with Crippen molar-refractivity contribution in [3.05, 3.63) is 45.8 Å². The van der Waals surface area contributed by atoms with Gasteiger partial charge in [0.2, 0.25) is 0 Å². The zero-order chi connectivity index (χ0) is 26.9. The second-order valence-corrected chi connectivity index (χ2v) is 10.8. The lowest BCUT2D eigenvalue weighted by atomic mass is 9.76. The molecule has 0 amide bonds. The first-order valence-corrected chi connectivity index (χ1v) is 12.6. The Morgan fingerprint density at radius 2 is 1.47 bits per heavy atom. The Morgan fingerprint density at radius 1 is 0.944 bits per heavy atom. The predicted molar refractivity (Wildman–Crippen MR) is 138 cm³/mol. The molecular formula is C28H40N4O4. The number of aliphatic hydroxyl groups excluding tert-OH is 1. The number of ether oxygens (including phenoxy) is 2. The van der Waals surface area contributed by atoms with Crippen LogP contribution in [-0.4, -0.2) is 43.7 Å². The minimum Gasteiger partial charge on any atom is -0.462 e. The summed E-state index contributed by atoms with van der Waals surface area (Å²) in [5.74, 6) is -0.577. The average molecular weight is 497 g/mol. The molecule has 2 aliphatic rings. The summed E-state index contributed by atoms with van der Waals surface area (Å²) >= 11 is 0. The summed E-state index contributed by atoms with van der Waals surface area (Å²) in [4.78, 5) is 12.2. The van der Waals surface area contributed by atoms with Crippen LogP contribution in [0, 0.1) is 33.5 Å². The fraction of sp³-hybridized carbons (Fsp3) is 0.607. The Hall–Kier alpha value is -3.07. The van der Waals surface area contributed by atoms with Gasteiger partial charge in [-0.25, -0.2) is 4.79 Å². The van der Waals surface area contributed by atoms with Gasteiger partial charge in [0.15, 0.2) is 6.29 Å². The summed E-state index contributed by atoms with van der Waals surface area (Å²) in [6.07, 6.45) is 5.58. The van der Waals surface area contributed by atoms with Crippen LogP contribution in [-0.2, 0) is 14.3 Å². The zero-order valence-corrected chi connectivity index (χ0v) is 22.5. The molecule has 8 nitrogen and oxygen atoms in total. The first kappa shape index (κ1) is 29.2. The molecule has 3 N–H and O–H groups in total. The topological polar surface area (TPSA) is 127 Å². The fourth-order valence-corrected chi connectivity index (χ4v) is 4.80. The maximum atomic E-state index is 12.2. The van der Waals surface area contributed by atoms with Crippen LogP contribution in [0.1, 0.15) is 67.2 Å². The fourth-order valence-electron chi connectivity index (χ4n) is 4.80. The predicted octanol–water partition coefficient (Wildman–Crippen LogP) is 4.13. The number of rotatable bonds is 10. The van der Waals surface area contributed by atoms with E-state index in [2.05, 4.69) is 44.4 Å². The van der Waals surface area contributed by atoms with Crippen molar-refractivity contribution in [2.75, 3.05) is 26.3 Å². The number of nitrogens with zero attached hydrogens (tertiary/aromatic N) is 2. The Morgan fingerprint density at radius 3 is 1.94 bits per heavy atom. The van der Waals surface area contributed by atoms with Gasteiger partial charge in [-0.1, -0.05) is 27.7 Å². The number of nitrogens with one attached hydrogen (secondary N) is 2. The second kappa shape index (κ2) is 12.8. The molecule has 1 unspecified atom stereocenters. The lowest BCUT2D eigenvalue weighted by molar-refractivity contribution is -0.138. The molecular weight excluding hydrogens is 456 g/mol. The molecule has 0 fully saturated rings. The summed E-state index contributed by atoms with van der Waals surface area (Å²) in [5, 5.41) is 36.3. The maximum Gasteiger partial charge on any atom is 0.349 e. The molecule has 0 heterocycles. The standard InChI is InChI=1S/C28H40N4O4/c1-7-35-25(33)23(17-29)19-11-21(15-27(3,4)13-19)31-9-10-32-22-12-20(14-28(5,6)16-22)24(18-30)26(34)36-8-2/h11-12,25,31-33H,7-10,13-16H2,1-6H3/b23-19+,24-20+. The van der Waals surface area contributed by atoms with E-state index in [1.54, 1.807) is 13.8 Å². The molecule has 0 aliphatic heterocycles. The second-order valence-electron chi connectivity index (χ2n) is 10.8. The molecule has 0 aromatic heterocycles. The lowest BCUT2D eigenvalue weighted by Crippen LogP contribution is -2.33. The van der Waals surface area contributed by atoms with Crippen molar-refractivity contribution in [1.29, 1.82) is 10.5 Å². The SMILES string of the molecule is CCOC(=O)/C(C#N)=C1\C=C(NCCNC2=C/C(=C(/C#N)C(O)OCC)CC(C)(C)C2)CC(C)(C)C1. The highest BCUT2D eigenvalue weighted by Crippen LogP contribution is 2.39. The molecule has 0 aromatic rings. The van der Waals surface area contributed by atoms with Gasteiger partial charge in [0.05, 0.1) is 12.2 Å². The molecule has 36 heavy (non-hydrogen) atoms. The van der Waals surface area contributed by atoms with E-state index in [1.807, 2.05) is 18.2 Å². The van der Waals surface area contributed by atoms with Gasteiger partial charge in [0, 0.05) is 31.1 Å². The van der Waals surface area contributed by atoms with Crippen molar-refractivity contribution in [2.45, 2.75) is 73.5 Å². The molecule has 2 rings (SSSR count). The van der Waals surface area contributed by atoms with Crippen LogP contribution in [0.2, 0.25) is 0 Å². The average Bonchev–Trinajstić information content (AvgIpc) is 2.76. The molecule has 1 atom stereocenters. The minimum absolute atomic E-state index is 0.0652. The number of allylic oxidation sites excluding steroid dienone is 6. The summed E-state index contributed by atoms with van der Waals surface area (Å²) < 4.78 is 10.3. The summed E-state index contributed by atoms with van der Waals surface area (Å²) in [5.41, 5.74) is 3.64. The van der Waals surface area contributed by atoms with Gasteiger partial charge in [0.25, 0.3) is 0 Å². The van der Waals surface area contributed by atoms with Gasteiger partial charge in [0.1, 0.15) is 17.7 Å². The summed E-state index contributed by atoms with van der Waals surface area (Å²) in [7, 11) is 0. The highest BCUT2D eigenvalue weighted by atomic mass is 16.6. The summed E-state index contributed by atoms with van der Waals surface area (Å²) in [6.45, 7) is 13.9. The first-order valence-electron chi connectivity index (χ1n) is 12.6. The third-order valence-electron chi connectivity index (χ3n) is 6.15. The minimum atomic E-state index is -1.22. The molecule has 0 saturated carbocycles. The molecule has 8 heteroatoms. The van der Waals surface area contributed by atoms with Gasteiger partial charge < -0.3 is 25.2 Å². The van der Waals surface area contributed by atoms with E-state index in [1.165, 1.54) is 0 Å². The first-order chi connectivity index (χ1) is 16.9. The quantitative estimate of drug-likeness (QED) is 0.135. The van der Waals surface area contributed by atoms with Crippen molar-refractivity contribution < 1.29 is 19.4 Å².